The molecule has 1 unspecified atom stereocenters. The highest BCUT2D eigenvalue weighted by atomic mass is 28.3. The van der Waals surface area contributed by atoms with Gasteiger partial charge in [-0.25, -0.2) is 0 Å². The van der Waals surface area contributed by atoms with E-state index >= 15 is 0 Å². The lowest BCUT2D eigenvalue weighted by Crippen LogP contribution is -2.48. The molecule has 1 aromatic carbocycles. The SMILES string of the molecule is CCC[SiH](NCNCC)c1ccccc1. The largest absolute Gasteiger partial charge is 0.324 e. The summed E-state index contributed by atoms with van der Waals surface area (Å²) in [7, 11) is -0.936. The third kappa shape index (κ3) is 4.60. The van der Waals surface area contributed by atoms with Gasteiger partial charge in [-0.15, -0.1) is 0 Å². The molecule has 1 atom stereocenters. The summed E-state index contributed by atoms with van der Waals surface area (Å²) in [6.45, 7) is 6.38. The van der Waals surface area contributed by atoms with E-state index < -0.39 is 8.96 Å². The van der Waals surface area contributed by atoms with Crippen molar-refractivity contribution in [2.24, 2.45) is 0 Å². The van der Waals surface area contributed by atoms with Gasteiger partial charge in [-0.3, -0.25) is 0 Å². The summed E-state index contributed by atoms with van der Waals surface area (Å²) in [5.41, 5.74) is 0. The van der Waals surface area contributed by atoms with Gasteiger partial charge in [-0.1, -0.05) is 50.6 Å². The highest BCUT2D eigenvalue weighted by Crippen LogP contribution is 1.95. The molecule has 0 bridgehead atoms. The topological polar surface area (TPSA) is 24.1 Å². The summed E-state index contributed by atoms with van der Waals surface area (Å²) in [6, 6.07) is 12.2. The van der Waals surface area contributed by atoms with Gasteiger partial charge in [-0.05, 0) is 17.8 Å². The minimum Gasteiger partial charge on any atom is -0.324 e. The smallest absolute Gasteiger partial charge is 0.142 e. The third-order valence-corrected chi connectivity index (χ3v) is 5.54. The van der Waals surface area contributed by atoms with Gasteiger partial charge in [0.05, 0.1) is 0 Å². The van der Waals surface area contributed by atoms with Crippen molar-refractivity contribution in [2.75, 3.05) is 13.2 Å². The van der Waals surface area contributed by atoms with Crippen molar-refractivity contribution in [3.63, 3.8) is 0 Å². The Morgan fingerprint density at radius 3 is 2.47 bits per heavy atom. The Kier molecular flexibility index (Phi) is 6.32. The highest BCUT2D eigenvalue weighted by molar-refractivity contribution is 6.70. The van der Waals surface area contributed by atoms with Gasteiger partial charge in [0.1, 0.15) is 8.96 Å². The molecule has 1 aromatic rings. The molecule has 0 saturated carbocycles. The molecule has 0 fully saturated rings. The van der Waals surface area contributed by atoms with Crippen LogP contribution in [0.4, 0.5) is 0 Å². The van der Waals surface area contributed by atoms with Gasteiger partial charge in [0.15, 0.2) is 0 Å². The van der Waals surface area contributed by atoms with E-state index in [-0.39, 0.29) is 0 Å². The molecule has 0 saturated heterocycles. The Morgan fingerprint density at radius 2 is 1.87 bits per heavy atom. The van der Waals surface area contributed by atoms with Crippen molar-refractivity contribution in [1.29, 1.82) is 0 Å². The van der Waals surface area contributed by atoms with Crippen LogP contribution < -0.4 is 15.5 Å². The minimum absolute atomic E-state index is 0.936. The van der Waals surface area contributed by atoms with Crippen LogP contribution in [-0.4, -0.2) is 22.2 Å². The van der Waals surface area contributed by atoms with E-state index in [4.69, 9.17) is 0 Å². The summed E-state index contributed by atoms with van der Waals surface area (Å²) in [6.07, 6.45) is 1.27. The Hall–Kier alpha value is -0.643. The van der Waals surface area contributed by atoms with Gasteiger partial charge >= 0.3 is 0 Å². The molecule has 84 valence electrons. The first-order valence-corrected chi connectivity index (χ1v) is 7.84. The molecular formula is C12H22N2Si. The van der Waals surface area contributed by atoms with E-state index in [0.29, 0.717) is 0 Å². The fraction of sp³-hybridized carbons (Fsp3) is 0.500. The third-order valence-electron chi connectivity index (χ3n) is 2.50. The van der Waals surface area contributed by atoms with E-state index in [1.807, 2.05) is 0 Å². The van der Waals surface area contributed by atoms with Crippen LogP contribution in [0.1, 0.15) is 20.3 Å². The quantitative estimate of drug-likeness (QED) is 0.411. The Bertz CT molecular complexity index is 251. The number of hydrogen-bond acceptors (Lipinski definition) is 2. The molecule has 0 amide bonds. The molecule has 1 rings (SSSR count). The summed E-state index contributed by atoms with van der Waals surface area (Å²) in [4.78, 5) is 3.67. The maximum Gasteiger partial charge on any atom is 0.142 e. The Balaban J connectivity index is 2.50. The van der Waals surface area contributed by atoms with E-state index in [2.05, 4.69) is 54.5 Å². The van der Waals surface area contributed by atoms with Crippen LogP contribution in [0.5, 0.6) is 0 Å². The van der Waals surface area contributed by atoms with Crippen LogP contribution >= 0.6 is 0 Å². The van der Waals surface area contributed by atoms with Crippen molar-refractivity contribution in [1.82, 2.24) is 10.3 Å². The van der Waals surface area contributed by atoms with E-state index in [1.54, 1.807) is 0 Å². The highest BCUT2D eigenvalue weighted by Gasteiger charge is 2.10. The predicted molar refractivity (Wildman–Crippen MR) is 70.0 cm³/mol. The van der Waals surface area contributed by atoms with E-state index in [0.717, 1.165) is 13.2 Å². The second kappa shape index (κ2) is 7.62. The van der Waals surface area contributed by atoms with Gasteiger partial charge < -0.3 is 10.3 Å². The number of nitrogens with one attached hydrogen (secondary N) is 2. The van der Waals surface area contributed by atoms with Crippen molar-refractivity contribution in [3.05, 3.63) is 30.3 Å². The lowest BCUT2D eigenvalue weighted by Gasteiger charge is -2.16. The number of benzene rings is 1. The first-order valence-electron chi connectivity index (χ1n) is 5.87. The maximum atomic E-state index is 3.67. The maximum absolute atomic E-state index is 3.67. The molecule has 3 heteroatoms. The lowest BCUT2D eigenvalue weighted by molar-refractivity contribution is 0.698. The molecule has 2 N–H and O–H groups in total. The molecule has 15 heavy (non-hydrogen) atoms. The fourth-order valence-electron chi connectivity index (χ4n) is 1.68. The second-order valence-corrected chi connectivity index (χ2v) is 6.49. The van der Waals surface area contributed by atoms with Gasteiger partial charge in [0.25, 0.3) is 0 Å². The summed E-state index contributed by atoms with van der Waals surface area (Å²) >= 11 is 0. The standard InChI is InChI=1S/C12H22N2Si/c1-3-10-15(14-11-13-4-2)12-8-6-5-7-9-12/h5-9,13-15H,3-4,10-11H2,1-2H3. The van der Waals surface area contributed by atoms with Crippen LogP contribution in [-0.2, 0) is 0 Å². The second-order valence-electron chi connectivity index (χ2n) is 3.74. The average Bonchev–Trinajstić information content (AvgIpc) is 2.29. The van der Waals surface area contributed by atoms with Crippen molar-refractivity contribution in [3.8, 4) is 0 Å². The monoisotopic (exact) mass is 222 g/mol. The van der Waals surface area contributed by atoms with Gasteiger partial charge in [0.2, 0.25) is 0 Å². The summed E-state index contributed by atoms with van der Waals surface area (Å²) < 4.78 is 0. The van der Waals surface area contributed by atoms with E-state index in [1.165, 1.54) is 17.7 Å². The van der Waals surface area contributed by atoms with E-state index in [9.17, 15) is 0 Å². The molecule has 0 aliphatic heterocycles. The minimum atomic E-state index is -0.936. The zero-order valence-electron chi connectivity index (χ0n) is 9.79. The summed E-state index contributed by atoms with van der Waals surface area (Å²) in [5.74, 6) is 0. The molecule has 0 aromatic heterocycles. The molecular weight excluding hydrogens is 200 g/mol. The van der Waals surface area contributed by atoms with Crippen molar-refractivity contribution < 1.29 is 0 Å². The van der Waals surface area contributed by atoms with Gasteiger partial charge in [-0.2, -0.15) is 0 Å². The van der Waals surface area contributed by atoms with Crippen LogP contribution in [0.15, 0.2) is 30.3 Å². The first kappa shape index (κ1) is 12.4. The predicted octanol–water partition coefficient (Wildman–Crippen LogP) is 1.18. The normalized spacial score (nSPS) is 12.7. The van der Waals surface area contributed by atoms with Crippen LogP contribution in [0.2, 0.25) is 6.04 Å². The average molecular weight is 222 g/mol. The van der Waals surface area contributed by atoms with Crippen LogP contribution in [0.3, 0.4) is 0 Å². The molecule has 0 aliphatic carbocycles. The number of hydrogen-bond donors (Lipinski definition) is 2. The Morgan fingerprint density at radius 1 is 1.13 bits per heavy atom. The number of rotatable bonds is 7. The molecule has 0 radical (unpaired) electrons. The molecule has 0 aliphatic rings. The van der Waals surface area contributed by atoms with Crippen LogP contribution in [0.25, 0.3) is 0 Å². The first-order chi connectivity index (χ1) is 7.38. The zero-order chi connectivity index (χ0) is 10.9. The van der Waals surface area contributed by atoms with Crippen molar-refractivity contribution in [2.45, 2.75) is 26.3 Å². The molecule has 0 spiro atoms. The summed E-state index contributed by atoms with van der Waals surface area (Å²) in [5, 5.41) is 4.86. The van der Waals surface area contributed by atoms with Crippen molar-refractivity contribution >= 4 is 14.1 Å². The molecule has 0 heterocycles. The Labute approximate surface area is 94.8 Å². The molecule has 2 nitrogen and oxygen atoms in total. The van der Waals surface area contributed by atoms with Gasteiger partial charge in [0, 0.05) is 6.67 Å². The lowest BCUT2D eigenvalue weighted by atomic mass is 10.4. The fourth-order valence-corrected chi connectivity index (χ4v) is 4.11. The van der Waals surface area contributed by atoms with Crippen LogP contribution in [0, 0.1) is 0 Å². The zero-order valence-corrected chi connectivity index (χ0v) is 10.9.